The number of H-pyrrole nitrogens is 1. The maximum absolute atomic E-state index is 15.6. The van der Waals surface area contributed by atoms with Crippen LogP contribution in [0.1, 0.15) is 41.6 Å². The fraction of sp³-hybridized carbons (Fsp3) is 0.300. The number of halogens is 1. The summed E-state index contributed by atoms with van der Waals surface area (Å²) in [5, 5.41) is 28.1. The number of anilines is 1. The molecule has 1 heterocycles. The van der Waals surface area contributed by atoms with E-state index < -0.39 is 84.4 Å². The van der Waals surface area contributed by atoms with Crippen molar-refractivity contribution in [3.8, 4) is 18.4 Å². The Morgan fingerprint density at radius 1 is 1.07 bits per heavy atom. The Balaban J connectivity index is 1.96. The first-order valence-corrected chi connectivity index (χ1v) is 13.6. The van der Waals surface area contributed by atoms with Gasteiger partial charge in [-0.05, 0) is 48.7 Å². The number of amides is 2. The van der Waals surface area contributed by atoms with Crippen molar-refractivity contribution in [2.45, 2.75) is 44.3 Å². The van der Waals surface area contributed by atoms with Crippen LogP contribution in [0.3, 0.4) is 0 Å². The Labute approximate surface area is 260 Å². The van der Waals surface area contributed by atoms with Gasteiger partial charge in [0, 0.05) is 25.1 Å². The summed E-state index contributed by atoms with van der Waals surface area (Å²) in [5.41, 5.74) is 5.43. The third-order valence-electron chi connectivity index (χ3n) is 6.85. The number of aromatic amines is 1. The molecule has 0 aliphatic heterocycles. The number of aliphatic carboxylic acids is 3. The van der Waals surface area contributed by atoms with Crippen molar-refractivity contribution in [1.29, 1.82) is 0 Å². The molecule has 46 heavy (non-hydrogen) atoms. The fourth-order valence-corrected chi connectivity index (χ4v) is 4.51. The third-order valence-corrected chi connectivity index (χ3v) is 6.85. The lowest BCUT2D eigenvalue weighted by atomic mass is 10.0. The maximum atomic E-state index is 15.6. The number of nitrogens with one attached hydrogen (secondary N) is 1. The van der Waals surface area contributed by atoms with Gasteiger partial charge in [-0.15, -0.1) is 6.42 Å². The summed E-state index contributed by atoms with van der Waals surface area (Å²) in [6, 6.07) is 4.63. The van der Waals surface area contributed by atoms with Crippen LogP contribution in [0, 0.1) is 18.2 Å². The topological polar surface area (TPSA) is 234 Å². The number of carbonyl (C=O) groups excluding carboxylic acids is 2. The second-order valence-corrected chi connectivity index (χ2v) is 9.99. The average Bonchev–Trinajstić information content (AvgIpc) is 3.00. The first-order chi connectivity index (χ1) is 21.8. The van der Waals surface area contributed by atoms with Gasteiger partial charge in [0.25, 0.3) is 17.5 Å². The number of rotatable bonds is 15. The maximum Gasteiger partial charge on any atom is 0.326 e. The Kier molecular flexibility index (Phi) is 11.5. The second kappa shape index (κ2) is 15.3. The standard InChI is InChI=1S/C30H30FN5O10/c1-3-12-35(15-16-4-8-22-19(13-16)26(40)34-30(33-22)46-2)17-5-6-18(20(31)14-17)27(41)36(23(29(44)45)9-11-25(38)39)24(37)10-7-21(32)28(42)43/h1,4-6,8,13-14,21,23H,7,9-12,15,32H2,2H3,(H,38,39)(H,42,43)(H,44,45)(H,33,34,40)/t21-,23+/m0/s1. The number of hydrogen-bond acceptors (Lipinski definition) is 10. The molecule has 16 heteroatoms. The molecule has 0 aliphatic rings. The number of aromatic nitrogens is 2. The second-order valence-electron chi connectivity index (χ2n) is 9.99. The Morgan fingerprint density at radius 3 is 2.37 bits per heavy atom. The molecule has 15 nitrogen and oxygen atoms in total. The van der Waals surface area contributed by atoms with E-state index in [4.69, 9.17) is 27.1 Å². The first kappa shape index (κ1) is 34.7. The summed E-state index contributed by atoms with van der Waals surface area (Å²) in [4.78, 5) is 81.7. The predicted molar refractivity (Wildman–Crippen MR) is 160 cm³/mol. The van der Waals surface area contributed by atoms with E-state index in [2.05, 4.69) is 15.9 Å². The van der Waals surface area contributed by atoms with Gasteiger partial charge in [-0.2, -0.15) is 4.98 Å². The van der Waals surface area contributed by atoms with Crippen LogP contribution in [0.25, 0.3) is 10.9 Å². The van der Waals surface area contributed by atoms with Gasteiger partial charge in [-0.3, -0.25) is 33.9 Å². The molecular weight excluding hydrogens is 609 g/mol. The van der Waals surface area contributed by atoms with Crippen molar-refractivity contribution < 1.29 is 48.4 Å². The molecule has 3 aromatic rings. The lowest BCUT2D eigenvalue weighted by molar-refractivity contribution is -0.149. The number of terminal acetylenes is 1. The molecule has 3 rings (SSSR count). The zero-order chi connectivity index (χ0) is 34.1. The minimum Gasteiger partial charge on any atom is -0.481 e. The molecule has 0 aliphatic carbocycles. The number of nitrogens with two attached hydrogens (primary N) is 1. The summed E-state index contributed by atoms with van der Waals surface area (Å²) in [6.45, 7) is 0.0514. The number of carboxylic acid groups (broad SMARTS) is 3. The fourth-order valence-electron chi connectivity index (χ4n) is 4.51. The molecule has 0 radical (unpaired) electrons. The van der Waals surface area contributed by atoms with E-state index in [1.165, 1.54) is 13.2 Å². The van der Waals surface area contributed by atoms with E-state index in [1.807, 2.05) is 0 Å². The quantitative estimate of drug-likeness (QED) is 0.147. The third kappa shape index (κ3) is 8.42. The zero-order valence-electron chi connectivity index (χ0n) is 24.4. The van der Waals surface area contributed by atoms with Gasteiger partial charge in [0.05, 0.1) is 30.1 Å². The molecule has 2 atom stereocenters. The molecule has 6 N–H and O–H groups in total. The van der Waals surface area contributed by atoms with Crippen molar-refractivity contribution in [2.24, 2.45) is 5.73 Å². The largest absolute Gasteiger partial charge is 0.481 e. The van der Waals surface area contributed by atoms with Crippen LogP contribution in [0.15, 0.2) is 41.2 Å². The highest BCUT2D eigenvalue weighted by Gasteiger charge is 2.37. The molecule has 0 fully saturated rings. The van der Waals surface area contributed by atoms with Crippen LogP contribution >= 0.6 is 0 Å². The van der Waals surface area contributed by atoms with E-state index in [9.17, 15) is 33.9 Å². The van der Waals surface area contributed by atoms with Crippen LogP contribution in [-0.4, -0.2) is 85.6 Å². The number of carboxylic acids is 3. The minimum atomic E-state index is -2.00. The number of ether oxygens (including phenoxy) is 1. The van der Waals surface area contributed by atoms with Gasteiger partial charge in [0.15, 0.2) is 0 Å². The van der Waals surface area contributed by atoms with Gasteiger partial charge in [-0.25, -0.2) is 9.18 Å². The molecule has 2 aromatic carbocycles. The molecule has 0 bridgehead atoms. The van der Waals surface area contributed by atoms with Gasteiger partial charge in [0.1, 0.15) is 17.9 Å². The first-order valence-electron chi connectivity index (χ1n) is 13.6. The van der Waals surface area contributed by atoms with E-state index in [0.29, 0.717) is 11.1 Å². The highest BCUT2D eigenvalue weighted by atomic mass is 19.1. The summed E-state index contributed by atoms with van der Waals surface area (Å²) in [7, 11) is 1.35. The molecule has 0 saturated heterocycles. The Morgan fingerprint density at radius 2 is 1.78 bits per heavy atom. The molecule has 0 saturated carbocycles. The number of methoxy groups -OCH3 is 1. The van der Waals surface area contributed by atoms with Crippen molar-refractivity contribution in [3.05, 3.63) is 63.7 Å². The van der Waals surface area contributed by atoms with Gasteiger partial charge in [-0.1, -0.05) is 12.0 Å². The predicted octanol–water partition coefficient (Wildman–Crippen LogP) is 1.19. The number of fused-ring (bicyclic) bond motifs is 1. The SMILES string of the molecule is C#CCN(Cc1ccc2nc(OC)[nH]c(=O)c2c1)c1ccc(C(=O)N(C(=O)CC[C@H](N)C(=O)O)[C@H](CCC(=O)O)C(=O)O)c(F)c1. The number of nitrogens with zero attached hydrogens (tertiary/aromatic N) is 3. The molecule has 2 amide bonds. The highest BCUT2D eigenvalue weighted by Crippen LogP contribution is 2.25. The van der Waals surface area contributed by atoms with Crippen LogP contribution in [0.2, 0.25) is 0 Å². The van der Waals surface area contributed by atoms with Crippen LogP contribution in [-0.2, 0) is 25.7 Å². The Hall–Kier alpha value is -5.82. The summed E-state index contributed by atoms with van der Waals surface area (Å²) >= 11 is 0. The van der Waals surface area contributed by atoms with E-state index in [0.717, 1.165) is 12.1 Å². The normalized spacial score (nSPS) is 12.0. The van der Waals surface area contributed by atoms with Crippen molar-refractivity contribution in [1.82, 2.24) is 14.9 Å². The van der Waals surface area contributed by atoms with Gasteiger partial charge >= 0.3 is 17.9 Å². The van der Waals surface area contributed by atoms with Gasteiger partial charge in [0.2, 0.25) is 5.91 Å². The van der Waals surface area contributed by atoms with Gasteiger partial charge < -0.3 is 30.7 Å². The monoisotopic (exact) mass is 639 g/mol. The molecule has 0 spiro atoms. The molecular formula is C30H30FN5O10. The van der Waals surface area contributed by atoms with E-state index >= 15 is 4.39 Å². The zero-order valence-corrected chi connectivity index (χ0v) is 24.4. The smallest absolute Gasteiger partial charge is 0.326 e. The molecule has 1 aromatic heterocycles. The molecule has 0 unspecified atom stereocenters. The summed E-state index contributed by atoms with van der Waals surface area (Å²) in [5.74, 6) is -5.86. The van der Waals surface area contributed by atoms with Crippen LogP contribution in [0.4, 0.5) is 10.1 Å². The lowest BCUT2D eigenvalue weighted by Crippen LogP contribution is -2.49. The molecule has 242 valence electrons. The highest BCUT2D eigenvalue weighted by molar-refractivity contribution is 6.07. The number of benzene rings is 2. The van der Waals surface area contributed by atoms with Crippen LogP contribution in [0.5, 0.6) is 6.01 Å². The lowest BCUT2D eigenvalue weighted by Gasteiger charge is -2.28. The van der Waals surface area contributed by atoms with E-state index in [-0.39, 0.29) is 35.1 Å². The van der Waals surface area contributed by atoms with Crippen molar-refractivity contribution >= 4 is 46.3 Å². The number of hydrogen-bond donors (Lipinski definition) is 5. The van der Waals surface area contributed by atoms with Crippen molar-refractivity contribution in [2.75, 3.05) is 18.6 Å². The number of carbonyl (C=O) groups is 5. The minimum absolute atomic E-state index is 0.0324. The average molecular weight is 640 g/mol. The Bertz CT molecular complexity index is 1770. The summed E-state index contributed by atoms with van der Waals surface area (Å²) < 4.78 is 20.5. The summed E-state index contributed by atoms with van der Waals surface area (Å²) in [6.07, 6.45) is 2.93. The van der Waals surface area contributed by atoms with Crippen LogP contribution < -0.4 is 20.9 Å². The number of imide groups is 1. The van der Waals surface area contributed by atoms with Crippen molar-refractivity contribution in [3.63, 3.8) is 0 Å². The van der Waals surface area contributed by atoms with E-state index in [1.54, 1.807) is 23.1 Å².